The Labute approximate surface area is 306 Å². The molecule has 0 spiro atoms. The largest absolute Gasteiger partial charge is 0.309 e. The molecule has 250 valence electrons. The number of fused-ring (bicyclic) bond motifs is 9. The predicted octanol–water partition coefficient (Wildman–Crippen LogP) is 12.8. The lowest BCUT2D eigenvalue weighted by Crippen LogP contribution is -2.00. The van der Waals surface area contributed by atoms with Gasteiger partial charge in [0.05, 0.1) is 44.5 Å². The average Bonchev–Trinajstić information content (AvgIpc) is 3.72. The number of hydrogen-bond acceptors (Lipinski definition) is 2. The smallest absolute Gasteiger partial charge is 0.0973 e. The van der Waals surface area contributed by atoms with E-state index in [0.717, 1.165) is 56.0 Å². The third-order valence-electron chi connectivity index (χ3n) is 10.3. The second-order valence-corrected chi connectivity index (χ2v) is 13.4. The maximum Gasteiger partial charge on any atom is 0.0973 e. The number of allylic oxidation sites excluding steroid dienone is 5. The molecule has 0 unspecified atom stereocenters. The molecule has 4 heteroatoms. The standard InChI is InChI=1S/C49H34N4/c1-3-15-33(16-4-2)48-49(34-18-7-5-8-19-34)50-41-27-26-36(29-42(41)51-48)53-43-24-14-13-23-38(43)39-30-40-46(31-45(39)53)52(35-20-9-6-10-21-35)44-28-25-32-17-11-12-22-37(32)47(40)44/h3-31H,1H2,2H3/b16-4-,33-15+. The van der Waals surface area contributed by atoms with Gasteiger partial charge in [0.2, 0.25) is 0 Å². The van der Waals surface area contributed by atoms with Crippen LogP contribution >= 0.6 is 0 Å². The van der Waals surface area contributed by atoms with Gasteiger partial charge in [-0.15, -0.1) is 0 Å². The van der Waals surface area contributed by atoms with E-state index in [1.165, 1.54) is 43.4 Å². The molecule has 0 aliphatic rings. The van der Waals surface area contributed by atoms with Crippen LogP contribution in [0, 0.1) is 0 Å². The summed E-state index contributed by atoms with van der Waals surface area (Å²) < 4.78 is 4.80. The molecule has 10 rings (SSSR count). The van der Waals surface area contributed by atoms with Crippen LogP contribution in [0.3, 0.4) is 0 Å². The lowest BCUT2D eigenvalue weighted by Gasteiger charge is -2.13. The maximum absolute atomic E-state index is 5.33. The molecular weight excluding hydrogens is 645 g/mol. The van der Waals surface area contributed by atoms with Crippen LogP contribution < -0.4 is 0 Å². The van der Waals surface area contributed by atoms with Gasteiger partial charge < -0.3 is 9.13 Å². The molecule has 0 atom stereocenters. The Bertz CT molecular complexity index is 3120. The zero-order valence-electron chi connectivity index (χ0n) is 29.2. The van der Waals surface area contributed by atoms with Crippen molar-refractivity contribution in [3.8, 4) is 22.6 Å². The number of para-hydroxylation sites is 2. The van der Waals surface area contributed by atoms with Crippen LogP contribution in [0.2, 0.25) is 0 Å². The van der Waals surface area contributed by atoms with Crippen LogP contribution in [0.1, 0.15) is 12.6 Å². The number of benzene rings is 7. The first-order chi connectivity index (χ1) is 26.2. The molecule has 0 bridgehead atoms. The molecule has 0 radical (unpaired) electrons. The van der Waals surface area contributed by atoms with Gasteiger partial charge in [-0.1, -0.05) is 128 Å². The minimum atomic E-state index is 0.822. The van der Waals surface area contributed by atoms with Crippen LogP contribution in [0.25, 0.3) is 93.6 Å². The highest BCUT2D eigenvalue weighted by atomic mass is 15.0. The molecule has 0 fully saturated rings. The topological polar surface area (TPSA) is 35.6 Å². The summed E-state index contributed by atoms with van der Waals surface area (Å²) in [6, 6.07) is 54.2. The molecule has 3 heterocycles. The van der Waals surface area contributed by atoms with E-state index in [1.54, 1.807) is 0 Å². The molecule has 10 aromatic rings. The van der Waals surface area contributed by atoms with Gasteiger partial charge >= 0.3 is 0 Å². The zero-order chi connectivity index (χ0) is 35.5. The fourth-order valence-corrected chi connectivity index (χ4v) is 8.08. The third-order valence-corrected chi connectivity index (χ3v) is 10.3. The first-order valence-corrected chi connectivity index (χ1v) is 18.0. The van der Waals surface area contributed by atoms with Crippen LogP contribution in [0.4, 0.5) is 0 Å². The molecule has 3 aromatic heterocycles. The number of aromatic nitrogens is 4. The van der Waals surface area contributed by atoms with E-state index in [0.29, 0.717) is 0 Å². The third kappa shape index (κ3) is 4.84. The summed E-state index contributed by atoms with van der Waals surface area (Å²) in [6.07, 6.45) is 7.91. The Morgan fingerprint density at radius 3 is 2.08 bits per heavy atom. The van der Waals surface area contributed by atoms with Crippen molar-refractivity contribution in [2.75, 3.05) is 0 Å². The van der Waals surface area contributed by atoms with E-state index in [1.807, 2.05) is 43.4 Å². The number of hydrogen-bond donors (Lipinski definition) is 0. The molecule has 0 N–H and O–H groups in total. The Morgan fingerprint density at radius 2 is 1.26 bits per heavy atom. The monoisotopic (exact) mass is 678 g/mol. The molecule has 4 nitrogen and oxygen atoms in total. The van der Waals surface area contributed by atoms with Crippen molar-refractivity contribution in [1.29, 1.82) is 0 Å². The fourth-order valence-electron chi connectivity index (χ4n) is 8.08. The van der Waals surface area contributed by atoms with Crippen molar-refractivity contribution < 1.29 is 0 Å². The molecule has 53 heavy (non-hydrogen) atoms. The summed E-state index contributed by atoms with van der Waals surface area (Å²) in [7, 11) is 0. The van der Waals surface area contributed by atoms with Gasteiger partial charge in [0.25, 0.3) is 0 Å². The van der Waals surface area contributed by atoms with Gasteiger partial charge in [-0.3, -0.25) is 0 Å². The highest BCUT2D eigenvalue weighted by molar-refractivity contribution is 6.25. The van der Waals surface area contributed by atoms with Crippen molar-refractivity contribution in [1.82, 2.24) is 19.1 Å². The Hall–Kier alpha value is -7.04. The highest BCUT2D eigenvalue weighted by Crippen LogP contribution is 2.42. The number of nitrogens with zero attached hydrogens (tertiary/aromatic N) is 4. The molecular formula is C49H34N4. The molecule has 0 saturated carbocycles. The van der Waals surface area contributed by atoms with Crippen molar-refractivity contribution in [2.45, 2.75) is 6.92 Å². The maximum atomic E-state index is 5.33. The second-order valence-electron chi connectivity index (χ2n) is 13.4. The van der Waals surface area contributed by atoms with E-state index in [2.05, 4.69) is 155 Å². The lowest BCUT2D eigenvalue weighted by molar-refractivity contribution is 1.16. The van der Waals surface area contributed by atoms with Gasteiger partial charge in [-0.05, 0) is 72.3 Å². The van der Waals surface area contributed by atoms with Crippen LogP contribution in [-0.4, -0.2) is 19.1 Å². The number of rotatable bonds is 6. The van der Waals surface area contributed by atoms with E-state index in [9.17, 15) is 0 Å². The lowest BCUT2D eigenvalue weighted by atomic mass is 10.0. The molecule has 7 aromatic carbocycles. The van der Waals surface area contributed by atoms with E-state index < -0.39 is 0 Å². The van der Waals surface area contributed by atoms with Gasteiger partial charge in [-0.2, -0.15) is 0 Å². The van der Waals surface area contributed by atoms with Crippen molar-refractivity contribution in [3.05, 3.63) is 188 Å². The van der Waals surface area contributed by atoms with Crippen molar-refractivity contribution in [3.63, 3.8) is 0 Å². The van der Waals surface area contributed by atoms with Gasteiger partial charge in [0.1, 0.15) is 0 Å². The molecule has 0 aliphatic carbocycles. The Kier molecular flexibility index (Phi) is 7.15. The van der Waals surface area contributed by atoms with Crippen molar-refractivity contribution in [2.24, 2.45) is 0 Å². The minimum absolute atomic E-state index is 0.822. The summed E-state index contributed by atoms with van der Waals surface area (Å²) in [5.41, 5.74) is 12.1. The second kappa shape index (κ2) is 12.3. The fraction of sp³-hybridized carbons (Fsp3) is 0.0204. The van der Waals surface area contributed by atoms with Crippen LogP contribution in [0.15, 0.2) is 183 Å². The van der Waals surface area contributed by atoms with Gasteiger partial charge in [0, 0.05) is 44.1 Å². The average molecular weight is 679 g/mol. The minimum Gasteiger partial charge on any atom is -0.309 e. The summed E-state index contributed by atoms with van der Waals surface area (Å²) in [4.78, 5) is 10.6. The Balaban J connectivity index is 1.29. The first kappa shape index (κ1) is 30.8. The quantitative estimate of drug-likeness (QED) is 0.164. The summed E-state index contributed by atoms with van der Waals surface area (Å²) in [6.45, 7) is 6.01. The van der Waals surface area contributed by atoms with Gasteiger partial charge in [-0.25, -0.2) is 9.97 Å². The van der Waals surface area contributed by atoms with Crippen molar-refractivity contribution >= 4 is 71.0 Å². The molecule has 0 aliphatic heterocycles. The van der Waals surface area contributed by atoms with E-state index in [-0.39, 0.29) is 0 Å². The SMILES string of the molecule is C=C/C=C(\C=C/C)c1nc2cc(-n3c4ccccc4c4cc5c6c7ccccc7ccc6n(-c6ccccc6)c5cc43)ccc2nc1-c1ccccc1. The van der Waals surface area contributed by atoms with Crippen LogP contribution in [-0.2, 0) is 0 Å². The van der Waals surface area contributed by atoms with E-state index >= 15 is 0 Å². The molecule has 0 saturated heterocycles. The normalized spacial score (nSPS) is 12.4. The Morgan fingerprint density at radius 1 is 0.547 bits per heavy atom. The summed E-state index contributed by atoms with van der Waals surface area (Å²) in [5, 5.41) is 7.43. The van der Waals surface area contributed by atoms with Crippen LogP contribution in [0.5, 0.6) is 0 Å². The summed E-state index contributed by atoms with van der Waals surface area (Å²) in [5.74, 6) is 0. The molecule has 0 amide bonds. The highest BCUT2D eigenvalue weighted by Gasteiger charge is 2.21. The first-order valence-electron chi connectivity index (χ1n) is 18.0. The summed E-state index contributed by atoms with van der Waals surface area (Å²) >= 11 is 0. The van der Waals surface area contributed by atoms with Gasteiger partial charge in [0.15, 0.2) is 0 Å². The predicted molar refractivity (Wildman–Crippen MR) is 224 cm³/mol. The zero-order valence-corrected chi connectivity index (χ0v) is 29.2. The van der Waals surface area contributed by atoms with E-state index in [4.69, 9.17) is 9.97 Å².